The van der Waals surface area contributed by atoms with Crippen molar-refractivity contribution in [1.82, 2.24) is 4.98 Å². The van der Waals surface area contributed by atoms with Crippen molar-refractivity contribution in [3.05, 3.63) is 89.7 Å². The number of amides is 1. The highest BCUT2D eigenvalue weighted by Crippen LogP contribution is 2.33. The summed E-state index contributed by atoms with van der Waals surface area (Å²) in [5.41, 5.74) is 3.17. The fourth-order valence-corrected chi connectivity index (χ4v) is 4.66. The van der Waals surface area contributed by atoms with E-state index >= 15 is 0 Å². The molecule has 0 atom stereocenters. The van der Waals surface area contributed by atoms with Gasteiger partial charge in [-0.3, -0.25) is 4.79 Å². The van der Waals surface area contributed by atoms with E-state index in [0.717, 1.165) is 25.8 Å². The highest BCUT2D eigenvalue weighted by Gasteiger charge is 2.09. The van der Waals surface area contributed by atoms with Gasteiger partial charge in [-0.05, 0) is 48.0 Å². The van der Waals surface area contributed by atoms with Crippen molar-refractivity contribution in [1.29, 1.82) is 0 Å². The van der Waals surface area contributed by atoms with E-state index in [1.54, 1.807) is 41.3 Å². The predicted octanol–water partition coefficient (Wildman–Crippen LogP) is 5.98. The molecule has 0 bridgehead atoms. The second kappa shape index (κ2) is 7.90. The molecule has 0 aliphatic rings. The van der Waals surface area contributed by atoms with Gasteiger partial charge < -0.3 is 5.32 Å². The van der Waals surface area contributed by atoms with Crippen LogP contribution in [0.15, 0.2) is 77.1 Å². The number of carbonyl (C=O) groups is 1. The molecule has 0 radical (unpaired) electrons. The average molecular weight is 394 g/mol. The molecule has 0 aliphatic heterocycles. The van der Waals surface area contributed by atoms with Gasteiger partial charge in [0.2, 0.25) is 0 Å². The first-order chi connectivity index (χ1) is 13.2. The summed E-state index contributed by atoms with van der Waals surface area (Å²) >= 11 is 3.14. The van der Waals surface area contributed by atoms with Gasteiger partial charge in [0.15, 0.2) is 4.34 Å². The number of nitrogens with zero attached hydrogens (tertiary/aromatic N) is 1. The summed E-state index contributed by atoms with van der Waals surface area (Å²) in [6.45, 7) is 0. The van der Waals surface area contributed by atoms with Gasteiger partial charge in [0, 0.05) is 17.0 Å². The van der Waals surface area contributed by atoms with Gasteiger partial charge in [-0.2, -0.15) is 0 Å². The molecule has 27 heavy (non-hydrogen) atoms. The van der Waals surface area contributed by atoms with Gasteiger partial charge in [-0.15, -0.1) is 11.3 Å². The maximum atomic E-state index is 13.3. The van der Waals surface area contributed by atoms with Crippen LogP contribution >= 0.6 is 23.1 Å². The lowest BCUT2D eigenvalue weighted by atomic mass is 10.2. The number of hydrogen-bond donors (Lipinski definition) is 1. The second-order valence-electron chi connectivity index (χ2n) is 5.90. The van der Waals surface area contributed by atoms with Crippen LogP contribution in [0.5, 0.6) is 0 Å². The number of thioether (sulfide) groups is 1. The number of hydrogen-bond acceptors (Lipinski definition) is 4. The fraction of sp³-hybridized carbons (Fsp3) is 0.0476. The third-order valence-electron chi connectivity index (χ3n) is 3.91. The molecule has 4 aromatic rings. The predicted molar refractivity (Wildman–Crippen MR) is 110 cm³/mol. The monoisotopic (exact) mass is 394 g/mol. The largest absolute Gasteiger partial charge is 0.322 e. The van der Waals surface area contributed by atoms with Crippen molar-refractivity contribution in [2.24, 2.45) is 0 Å². The molecule has 0 saturated carbocycles. The van der Waals surface area contributed by atoms with Crippen LogP contribution in [0.2, 0.25) is 0 Å². The Labute approximate surface area is 164 Å². The molecule has 3 aromatic carbocycles. The fourth-order valence-electron chi connectivity index (χ4n) is 2.61. The van der Waals surface area contributed by atoms with Crippen molar-refractivity contribution in [2.45, 2.75) is 10.1 Å². The summed E-state index contributed by atoms with van der Waals surface area (Å²) in [7, 11) is 0. The molecule has 4 rings (SSSR count). The number of anilines is 1. The summed E-state index contributed by atoms with van der Waals surface area (Å²) in [6, 6.07) is 21.4. The SMILES string of the molecule is O=C(Nc1ccc2nc(SCc3cccc(F)c3)sc2c1)c1ccccc1. The second-order valence-corrected chi connectivity index (χ2v) is 8.15. The van der Waals surface area contributed by atoms with Gasteiger partial charge in [-0.25, -0.2) is 9.37 Å². The minimum Gasteiger partial charge on any atom is -0.322 e. The highest BCUT2D eigenvalue weighted by atomic mass is 32.2. The molecule has 1 amide bonds. The van der Waals surface area contributed by atoms with Crippen molar-refractivity contribution in [2.75, 3.05) is 5.32 Å². The molecule has 0 spiro atoms. The summed E-state index contributed by atoms with van der Waals surface area (Å²) in [6.07, 6.45) is 0. The van der Waals surface area contributed by atoms with E-state index < -0.39 is 0 Å². The van der Waals surface area contributed by atoms with Crippen molar-refractivity contribution in [3.8, 4) is 0 Å². The van der Waals surface area contributed by atoms with Crippen LogP contribution in [0, 0.1) is 5.82 Å². The molecule has 0 saturated heterocycles. The summed E-state index contributed by atoms with van der Waals surface area (Å²) in [4.78, 5) is 16.9. The lowest BCUT2D eigenvalue weighted by Crippen LogP contribution is -2.11. The minimum atomic E-state index is -0.226. The van der Waals surface area contributed by atoms with Crippen LogP contribution < -0.4 is 5.32 Å². The molecule has 1 heterocycles. The third kappa shape index (κ3) is 4.35. The van der Waals surface area contributed by atoms with Gasteiger partial charge in [0.25, 0.3) is 5.91 Å². The molecule has 0 fully saturated rings. The van der Waals surface area contributed by atoms with Gasteiger partial charge in [-0.1, -0.05) is 42.1 Å². The normalized spacial score (nSPS) is 10.9. The number of carbonyl (C=O) groups excluding carboxylic acids is 1. The molecule has 3 nitrogen and oxygen atoms in total. The number of rotatable bonds is 5. The molecular formula is C21H15FN2OS2. The summed E-state index contributed by atoms with van der Waals surface area (Å²) in [5.74, 6) is 0.297. The number of halogens is 1. The minimum absolute atomic E-state index is 0.139. The lowest BCUT2D eigenvalue weighted by Gasteiger charge is -2.04. The Morgan fingerprint density at radius 2 is 1.89 bits per heavy atom. The summed E-state index contributed by atoms with van der Waals surface area (Å²) in [5, 5.41) is 2.92. The molecule has 6 heteroatoms. The highest BCUT2D eigenvalue weighted by molar-refractivity contribution is 8.00. The first-order valence-electron chi connectivity index (χ1n) is 8.32. The Morgan fingerprint density at radius 3 is 2.70 bits per heavy atom. The molecular weight excluding hydrogens is 379 g/mol. The summed E-state index contributed by atoms with van der Waals surface area (Å²) < 4.78 is 15.2. The van der Waals surface area contributed by atoms with Crippen LogP contribution in [-0.2, 0) is 5.75 Å². The van der Waals surface area contributed by atoms with E-state index in [-0.39, 0.29) is 11.7 Å². The van der Waals surface area contributed by atoms with Crippen molar-refractivity contribution < 1.29 is 9.18 Å². The van der Waals surface area contributed by atoms with Crippen molar-refractivity contribution in [3.63, 3.8) is 0 Å². The Balaban J connectivity index is 1.47. The first-order valence-corrected chi connectivity index (χ1v) is 10.1. The maximum absolute atomic E-state index is 13.3. The zero-order valence-corrected chi connectivity index (χ0v) is 15.8. The van der Waals surface area contributed by atoms with Crippen LogP contribution in [0.1, 0.15) is 15.9 Å². The van der Waals surface area contributed by atoms with E-state index in [1.165, 1.54) is 12.1 Å². The quantitative estimate of drug-likeness (QED) is 0.423. The molecule has 1 aromatic heterocycles. The van der Waals surface area contributed by atoms with Crippen LogP contribution in [0.25, 0.3) is 10.2 Å². The average Bonchev–Trinajstić information content (AvgIpc) is 3.09. The topological polar surface area (TPSA) is 42.0 Å². The standard InChI is InChI=1S/C21H15FN2OS2/c22-16-8-4-5-14(11-16)13-26-21-24-18-10-9-17(12-19(18)27-21)23-20(25)15-6-2-1-3-7-15/h1-12H,13H2,(H,23,25). The number of fused-ring (bicyclic) bond motifs is 1. The Morgan fingerprint density at radius 1 is 1.04 bits per heavy atom. The van der Waals surface area contributed by atoms with Crippen LogP contribution in [0.4, 0.5) is 10.1 Å². The Hall–Kier alpha value is -2.70. The lowest BCUT2D eigenvalue weighted by molar-refractivity contribution is 0.102. The first kappa shape index (κ1) is 17.7. The zero-order valence-electron chi connectivity index (χ0n) is 14.2. The molecule has 0 unspecified atom stereocenters. The molecule has 1 N–H and O–H groups in total. The smallest absolute Gasteiger partial charge is 0.255 e. The molecule has 134 valence electrons. The van der Waals surface area contributed by atoms with E-state index in [9.17, 15) is 9.18 Å². The van der Waals surface area contributed by atoms with Crippen LogP contribution in [0.3, 0.4) is 0 Å². The Kier molecular flexibility index (Phi) is 5.18. The maximum Gasteiger partial charge on any atom is 0.255 e. The number of aromatic nitrogens is 1. The van der Waals surface area contributed by atoms with Crippen molar-refractivity contribution >= 4 is 44.9 Å². The van der Waals surface area contributed by atoms with Crippen LogP contribution in [-0.4, -0.2) is 10.9 Å². The number of nitrogens with one attached hydrogen (secondary N) is 1. The van der Waals surface area contributed by atoms with E-state index in [1.807, 2.05) is 42.5 Å². The van der Waals surface area contributed by atoms with Gasteiger partial charge in [0.1, 0.15) is 5.82 Å². The number of benzene rings is 3. The van der Waals surface area contributed by atoms with Gasteiger partial charge in [0.05, 0.1) is 10.2 Å². The van der Waals surface area contributed by atoms with Gasteiger partial charge >= 0.3 is 0 Å². The number of thiazole rings is 1. The van der Waals surface area contributed by atoms with E-state index in [0.29, 0.717) is 11.3 Å². The zero-order chi connectivity index (χ0) is 18.6. The third-order valence-corrected chi connectivity index (χ3v) is 6.15. The van der Waals surface area contributed by atoms with E-state index in [2.05, 4.69) is 10.3 Å². The Bertz CT molecular complexity index is 1100. The molecule has 0 aliphatic carbocycles. The van der Waals surface area contributed by atoms with E-state index in [4.69, 9.17) is 0 Å².